The zero-order chi connectivity index (χ0) is 12.6. The summed E-state index contributed by atoms with van der Waals surface area (Å²) in [5.41, 5.74) is 0. The van der Waals surface area contributed by atoms with Gasteiger partial charge in [-0.1, -0.05) is 0 Å². The number of rotatable bonds is 7. The number of halogens is 3. The maximum atomic E-state index is 11.7. The molecule has 0 heterocycles. The van der Waals surface area contributed by atoms with Crippen molar-refractivity contribution in [3.8, 4) is 0 Å². The minimum Gasteiger partial charge on any atom is -0.395 e. The molecule has 16 heavy (non-hydrogen) atoms. The fraction of sp³-hybridized carbons (Fsp3) is 0.875. The fourth-order valence-electron chi connectivity index (χ4n) is 0.948. The monoisotopic (exact) mass is 245 g/mol. The normalized spacial score (nSPS) is 11.6. The van der Waals surface area contributed by atoms with Crippen LogP contribution in [0, 0.1) is 0 Å². The number of amides is 1. The molecular weight excluding hydrogens is 231 g/mol. The molecule has 0 bridgehead atoms. The fourth-order valence-corrected chi connectivity index (χ4v) is 0.948. The number of hydrogen-bond acceptors (Lipinski definition) is 4. The number of hydrogen-bond donors (Lipinski definition) is 2. The number of alkyl halides is 3. The van der Waals surface area contributed by atoms with E-state index in [-0.39, 0.29) is 26.3 Å². The van der Waals surface area contributed by atoms with Gasteiger partial charge in [-0.2, -0.15) is 13.2 Å². The quantitative estimate of drug-likeness (QED) is 0.627. The zero-order valence-electron chi connectivity index (χ0n) is 8.53. The van der Waals surface area contributed by atoms with Crippen molar-refractivity contribution in [2.45, 2.75) is 6.18 Å². The molecule has 0 atom stereocenters. The zero-order valence-corrected chi connectivity index (χ0v) is 8.53. The second-order valence-electron chi connectivity index (χ2n) is 2.94. The Morgan fingerprint density at radius 1 is 1.19 bits per heavy atom. The average molecular weight is 245 g/mol. The first-order chi connectivity index (χ1) is 7.40. The van der Waals surface area contributed by atoms with Crippen LogP contribution in [-0.2, 0) is 9.53 Å². The van der Waals surface area contributed by atoms with E-state index in [2.05, 4.69) is 4.74 Å². The molecule has 0 aromatic heterocycles. The number of aliphatic hydroxyl groups is 2. The second-order valence-corrected chi connectivity index (χ2v) is 2.94. The average Bonchev–Trinajstić information content (AvgIpc) is 2.15. The number of ether oxygens (including phenoxy) is 1. The van der Waals surface area contributed by atoms with E-state index in [4.69, 9.17) is 10.2 Å². The van der Waals surface area contributed by atoms with E-state index in [1.807, 2.05) is 0 Å². The van der Waals surface area contributed by atoms with Gasteiger partial charge in [0.15, 0.2) is 0 Å². The molecule has 0 rings (SSSR count). The maximum absolute atomic E-state index is 11.7. The summed E-state index contributed by atoms with van der Waals surface area (Å²) in [6.45, 7) is -2.97. The summed E-state index contributed by atoms with van der Waals surface area (Å²) in [5, 5.41) is 17.1. The standard InChI is InChI=1S/C8H14F3NO4/c9-8(10,11)6-16-5-7(15)12(1-3-13)2-4-14/h13-14H,1-6H2. The van der Waals surface area contributed by atoms with Crippen LogP contribution < -0.4 is 0 Å². The summed E-state index contributed by atoms with van der Waals surface area (Å²) in [4.78, 5) is 12.2. The first kappa shape index (κ1) is 15.1. The molecule has 0 spiro atoms. The summed E-state index contributed by atoms with van der Waals surface area (Å²) in [7, 11) is 0. The minimum absolute atomic E-state index is 0.0469. The molecule has 0 fully saturated rings. The number of aliphatic hydroxyl groups excluding tert-OH is 2. The van der Waals surface area contributed by atoms with Crippen LogP contribution in [-0.4, -0.2) is 66.7 Å². The summed E-state index contributed by atoms with van der Waals surface area (Å²) < 4.78 is 39.2. The van der Waals surface area contributed by atoms with E-state index >= 15 is 0 Å². The van der Waals surface area contributed by atoms with Crippen molar-refractivity contribution in [2.75, 3.05) is 39.5 Å². The molecule has 96 valence electrons. The highest BCUT2D eigenvalue weighted by molar-refractivity contribution is 5.77. The number of carbonyl (C=O) groups excluding carboxylic acids is 1. The molecule has 0 saturated carbocycles. The molecule has 0 radical (unpaired) electrons. The van der Waals surface area contributed by atoms with Gasteiger partial charge >= 0.3 is 6.18 Å². The van der Waals surface area contributed by atoms with Crippen LogP contribution >= 0.6 is 0 Å². The van der Waals surface area contributed by atoms with Gasteiger partial charge in [0, 0.05) is 13.1 Å². The van der Waals surface area contributed by atoms with Crippen LogP contribution in [0.25, 0.3) is 0 Å². The Hall–Kier alpha value is -0.860. The van der Waals surface area contributed by atoms with E-state index in [0.717, 1.165) is 4.90 Å². The van der Waals surface area contributed by atoms with Crippen molar-refractivity contribution in [3.05, 3.63) is 0 Å². The maximum Gasteiger partial charge on any atom is 0.411 e. The smallest absolute Gasteiger partial charge is 0.395 e. The van der Waals surface area contributed by atoms with Crippen LogP contribution in [0.5, 0.6) is 0 Å². The van der Waals surface area contributed by atoms with Gasteiger partial charge in [0.1, 0.15) is 13.2 Å². The van der Waals surface area contributed by atoms with Gasteiger partial charge in [-0.15, -0.1) is 0 Å². The Labute approximate surface area is 90.4 Å². The molecule has 2 N–H and O–H groups in total. The third-order valence-electron chi connectivity index (χ3n) is 1.58. The lowest BCUT2D eigenvalue weighted by molar-refractivity contribution is -0.178. The molecule has 0 aliphatic rings. The van der Waals surface area contributed by atoms with Crippen molar-refractivity contribution >= 4 is 5.91 Å². The predicted molar refractivity (Wildman–Crippen MR) is 47.6 cm³/mol. The molecule has 0 saturated heterocycles. The van der Waals surface area contributed by atoms with Crippen molar-refractivity contribution in [3.63, 3.8) is 0 Å². The van der Waals surface area contributed by atoms with Gasteiger partial charge in [-0.05, 0) is 0 Å². The van der Waals surface area contributed by atoms with Crippen molar-refractivity contribution in [2.24, 2.45) is 0 Å². The number of nitrogens with zero attached hydrogens (tertiary/aromatic N) is 1. The molecule has 5 nitrogen and oxygen atoms in total. The van der Waals surface area contributed by atoms with Gasteiger partial charge in [0.25, 0.3) is 0 Å². The van der Waals surface area contributed by atoms with E-state index < -0.39 is 25.3 Å². The number of carbonyl (C=O) groups is 1. The van der Waals surface area contributed by atoms with Crippen molar-refractivity contribution in [1.82, 2.24) is 4.90 Å². The summed E-state index contributed by atoms with van der Waals surface area (Å²) in [6, 6.07) is 0. The Kier molecular flexibility index (Phi) is 7.02. The largest absolute Gasteiger partial charge is 0.411 e. The molecule has 1 amide bonds. The first-order valence-corrected chi connectivity index (χ1v) is 4.54. The molecular formula is C8H14F3NO4. The SMILES string of the molecule is O=C(COCC(F)(F)F)N(CCO)CCO. The highest BCUT2D eigenvalue weighted by Gasteiger charge is 2.28. The lowest BCUT2D eigenvalue weighted by Crippen LogP contribution is -2.38. The molecule has 8 heteroatoms. The Bertz CT molecular complexity index is 204. The van der Waals surface area contributed by atoms with Gasteiger partial charge in [0.2, 0.25) is 5.91 Å². The van der Waals surface area contributed by atoms with Gasteiger partial charge in [-0.25, -0.2) is 0 Å². The molecule has 0 aliphatic heterocycles. The summed E-state index contributed by atoms with van der Waals surface area (Å²) >= 11 is 0. The predicted octanol–water partition coefficient (Wildman–Crippen LogP) is -0.622. The van der Waals surface area contributed by atoms with E-state index in [1.165, 1.54) is 0 Å². The van der Waals surface area contributed by atoms with E-state index in [0.29, 0.717) is 0 Å². The Balaban J connectivity index is 3.91. The summed E-state index contributed by atoms with van der Waals surface area (Å²) in [5.74, 6) is -0.702. The minimum atomic E-state index is -4.47. The third-order valence-corrected chi connectivity index (χ3v) is 1.58. The van der Waals surface area contributed by atoms with Crippen molar-refractivity contribution < 1.29 is 32.9 Å². The van der Waals surface area contributed by atoms with Crippen LogP contribution in [0.3, 0.4) is 0 Å². The molecule has 0 aliphatic carbocycles. The topological polar surface area (TPSA) is 70.0 Å². The van der Waals surface area contributed by atoms with Gasteiger partial charge in [-0.3, -0.25) is 4.79 Å². The van der Waals surface area contributed by atoms with E-state index in [1.54, 1.807) is 0 Å². The first-order valence-electron chi connectivity index (χ1n) is 4.54. The highest BCUT2D eigenvalue weighted by Crippen LogP contribution is 2.14. The van der Waals surface area contributed by atoms with Gasteiger partial charge in [0.05, 0.1) is 13.2 Å². The van der Waals surface area contributed by atoms with Crippen LogP contribution in [0.15, 0.2) is 0 Å². The molecule has 0 aromatic rings. The lowest BCUT2D eigenvalue weighted by Gasteiger charge is -2.20. The Morgan fingerprint density at radius 2 is 1.69 bits per heavy atom. The third kappa shape index (κ3) is 7.43. The van der Waals surface area contributed by atoms with E-state index in [9.17, 15) is 18.0 Å². The lowest BCUT2D eigenvalue weighted by atomic mass is 10.4. The second kappa shape index (κ2) is 7.42. The molecule has 0 aromatic carbocycles. The van der Waals surface area contributed by atoms with Crippen LogP contribution in [0.2, 0.25) is 0 Å². The van der Waals surface area contributed by atoms with Gasteiger partial charge < -0.3 is 19.8 Å². The summed E-state index contributed by atoms with van der Waals surface area (Å²) in [6.07, 6.45) is -4.47. The Morgan fingerprint density at radius 3 is 2.06 bits per heavy atom. The van der Waals surface area contributed by atoms with Crippen molar-refractivity contribution in [1.29, 1.82) is 0 Å². The van der Waals surface area contributed by atoms with Crippen LogP contribution in [0.1, 0.15) is 0 Å². The highest BCUT2D eigenvalue weighted by atomic mass is 19.4. The van der Waals surface area contributed by atoms with Crippen LogP contribution in [0.4, 0.5) is 13.2 Å². The molecule has 0 unspecified atom stereocenters.